The Morgan fingerprint density at radius 3 is 2.62 bits per heavy atom. The number of nitrogens with one attached hydrogen (secondary N) is 1. The first-order chi connectivity index (χ1) is 7.21. The molecule has 3 N–H and O–H groups in total. The molecule has 1 heterocycles. The molecule has 16 heavy (non-hydrogen) atoms. The highest BCUT2D eigenvalue weighted by Gasteiger charge is 2.39. The van der Waals surface area contributed by atoms with Crippen LogP contribution in [0.1, 0.15) is 18.9 Å². The molecule has 5 nitrogen and oxygen atoms in total. The summed E-state index contributed by atoms with van der Waals surface area (Å²) in [5, 5.41) is 1.60. The molecule has 2 unspecified atom stereocenters. The molecule has 0 aromatic carbocycles. The van der Waals surface area contributed by atoms with Crippen molar-refractivity contribution in [2.75, 3.05) is 7.05 Å². The predicted molar refractivity (Wildman–Crippen MR) is 68.8 cm³/mol. The lowest BCUT2D eigenvalue weighted by Gasteiger charge is -2.28. The van der Waals surface area contributed by atoms with Gasteiger partial charge in [-0.3, -0.25) is 0 Å². The summed E-state index contributed by atoms with van der Waals surface area (Å²) in [7, 11) is -2.04. The van der Waals surface area contributed by atoms with E-state index in [0.717, 1.165) is 0 Å². The monoisotopic (exact) mass is 327 g/mol. The van der Waals surface area contributed by atoms with E-state index >= 15 is 0 Å². The van der Waals surface area contributed by atoms with E-state index in [-0.39, 0.29) is 0 Å². The molecular formula is C8H14BrN3O2S2. The average Bonchev–Trinajstić information content (AvgIpc) is 2.64. The van der Waals surface area contributed by atoms with Crippen molar-refractivity contribution in [2.45, 2.75) is 24.6 Å². The summed E-state index contributed by atoms with van der Waals surface area (Å²) in [6.07, 6.45) is 0. The van der Waals surface area contributed by atoms with Gasteiger partial charge in [0.05, 0.1) is 10.8 Å². The number of rotatable bonds is 4. The standard InChI is InChI=1S/C8H14BrN3O2S2/c1-5(16(13,14)11-3)8(2,10)7-12-6(9)4-15-7/h4-5,11H,10H2,1-3H3. The van der Waals surface area contributed by atoms with Crippen LogP contribution in [0.2, 0.25) is 0 Å². The number of hydrogen-bond acceptors (Lipinski definition) is 5. The van der Waals surface area contributed by atoms with Crippen LogP contribution >= 0.6 is 27.3 Å². The first kappa shape index (κ1) is 14.0. The fraction of sp³-hybridized carbons (Fsp3) is 0.625. The van der Waals surface area contributed by atoms with Gasteiger partial charge in [-0.1, -0.05) is 0 Å². The minimum atomic E-state index is -3.42. The Labute approximate surface area is 108 Å². The van der Waals surface area contributed by atoms with E-state index in [1.165, 1.54) is 18.4 Å². The molecule has 0 aliphatic rings. The van der Waals surface area contributed by atoms with Crippen LogP contribution in [0.3, 0.4) is 0 Å². The highest BCUT2D eigenvalue weighted by atomic mass is 79.9. The maximum Gasteiger partial charge on any atom is 0.216 e. The Bertz CT molecular complexity index is 469. The zero-order valence-corrected chi connectivity index (χ0v) is 12.4. The van der Waals surface area contributed by atoms with E-state index in [9.17, 15) is 8.42 Å². The van der Waals surface area contributed by atoms with Crippen LogP contribution in [-0.2, 0) is 15.6 Å². The van der Waals surface area contributed by atoms with Gasteiger partial charge < -0.3 is 5.73 Å². The van der Waals surface area contributed by atoms with Crippen molar-refractivity contribution in [1.29, 1.82) is 0 Å². The van der Waals surface area contributed by atoms with Crippen molar-refractivity contribution in [2.24, 2.45) is 5.73 Å². The minimum absolute atomic E-state index is 0.589. The first-order valence-electron chi connectivity index (χ1n) is 4.54. The summed E-state index contributed by atoms with van der Waals surface area (Å²) in [4.78, 5) is 4.17. The Hall–Kier alpha value is -0.0200. The Balaban J connectivity index is 3.12. The summed E-state index contributed by atoms with van der Waals surface area (Å²) >= 11 is 4.56. The fourth-order valence-electron chi connectivity index (χ4n) is 1.17. The van der Waals surface area contributed by atoms with E-state index in [4.69, 9.17) is 5.73 Å². The van der Waals surface area contributed by atoms with Crippen LogP contribution in [0, 0.1) is 0 Å². The molecule has 0 amide bonds. The number of sulfonamides is 1. The number of nitrogens with two attached hydrogens (primary N) is 1. The molecule has 2 atom stereocenters. The highest BCUT2D eigenvalue weighted by Crippen LogP contribution is 2.29. The molecule has 92 valence electrons. The smallest absolute Gasteiger partial charge is 0.216 e. The Morgan fingerprint density at radius 2 is 2.25 bits per heavy atom. The van der Waals surface area contributed by atoms with Crippen LogP contribution in [-0.4, -0.2) is 25.7 Å². The molecular weight excluding hydrogens is 314 g/mol. The first-order valence-corrected chi connectivity index (χ1v) is 7.76. The van der Waals surface area contributed by atoms with Gasteiger partial charge in [0.2, 0.25) is 10.0 Å². The molecule has 0 bridgehead atoms. The second-order valence-corrected chi connectivity index (χ2v) is 7.53. The number of thiazole rings is 1. The van der Waals surface area contributed by atoms with E-state index in [1.807, 2.05) is 0 Å². The second-order valence-electron chi connectivity index (χ2n) is 3.65. The lowest BCUT2D eigenvalue weighted by Crippen LogP contribution is -2.50. The summed E-state index contributed by atoms with van der Waals surface area (Å²) in [5.41, 5.74) is 5.05. The highest BCUT2D eigenvalue weighted by molar-refractivity contribution is 9.10. The molecule has 1 aromatic heterocycles. The summed E-state index contributed by atoms with van der Waals surface area (Å²) < 4.78 is 26.3. The summed E-state index contributed by atoms with van der Waals surface area (Å²) in [6.45, 7) is 3.24. The van der Waals surface area contributed by atoms with Crippen molar-refractivity contribution in [1.82, 2.24) is 9.71 Å². The number of halogens is 1. The molecule has 1 rings (SSSR count). The van der Waals surface area contributed by atoms with Gasteiger partial charge in [0.1, 0.15) is 9.61 Å². The molecule has 0 saturated heterocycles. The number of nitrogens with zero attached hydrogens (tertiary/aromatic N) is 1. The lowest BCUT2D eigenvalue weighted by molar-refractivity contribution is 0.454. The molecule has 0 spiro atoms. The lowest BCUT2D eigenvalue weighted by atomic mass is 10.0. The summed E-state index contributed by atoms with van der Waals surface area (Å²) in [5.74, 6) is 0. The normalized spacial score (nSPS) is 18.1. The average molecular weight is 328 g/mol. The third kappa shape index (κ3) is 2.62. The number of aromatic nitrogens is 1. The van der Waals surface area contributed by atoms with Gasteiger partial charge in [0, 0.05) is 5.38 Å². The van der Waals surface area contributed by atoms with E-state index in [0.29, 0.717) is 9.61 Å². The van der Waals surface area contributed by atoms with Crippen molar-refractivity contribution >= 4 is 37.3 Å². The zero-order chi connectivity index (χ0) is 12.6. The van der Waals surface area contributed by atoms with Crippen molar-refractivity contribution < 1.29 is 8.42 Å². The van der Waals surface area contributed by atoms with Gasteiger partial charge in [0.15, 0.2) is 0 Å². The van der Waals surface area contributed by atoms with Crippen molar-refractivity contribution in [3.05, 3.63) is 15.0 Å². The molecule has 0 aliphatic heterocycles. The van der Waals surface area contributed by atoms with Crippen LogP contribution < -0.4 is 10.5 Å². The predicted octanol–water partition coefficient (Wildman–Crippen LogP) is 1.02. The molecule has 0 radical (unpaired) electrons. The van der Waals surface area contributed by atoms with Gasteiger partial charge in [-0.05, 0) is 36.8 Å². The maximum absolute atomic E-state index is 11.7. The zero-order valence-electron chi connectivity index (χ0n) is 9.19. The van der Waals surface area contributed by atoms with E-state index in [2.05, 4.69) is 25.6 Å². The molecule has 0 fully saturated rings. The molecule has 0 aliphatic carbocycles. The van der Waals surface area contributed by atoms with Crippen LogP contribution in [0.15, 0.2) is 9.98 Å². The SMILES string of the molecule is CNS(=O)(=O)C(C)C(C)(N)c1nc(Br)cs1. The van der Waals surface area contributed by atoms with Gasteiger partial charge in [-0.15, -0.1) is 11.3 Å². The van der Waals surface area contributed by atoms with Gasteiger partial charge in [-0.2, -0.15) is 0 Å². The van der Waals surface area contributed by atoms with E-state index in [1.54, 1.807) is 19.2 Å². The minimum Gasteiger partial charge on any atom is -0.319 e. The van der Waals surface area contributed by atoms with Crippen LogP contribution in [0.5, 0.6) is 0 Å². The topological polar surface area (TPSA) is 85.1 Å². The van der Waals surface area contributed by atoms with Gasteiger partial charge in [-0.25, -0.2) is 18.1 Å². The Kier molecular flexibility index (Phi) is 4.12. The Morgan fingerprint density at radius 1 is 1.69 bits per heavy atom. The largest absolute Gasteiger partial charge is 0.319 e. The third-order valence-electron chi connectivity index (χ3n) is 2.53. The second kappa shape index (κ2) is 4.69. The number of hydrogen-bond donors (Lipinski definition) is 2. The van der Waals surface area contributed by atoms with Crippen LogP contribution in [0.4, 0.5) is 0 Å². The molecule has 8 heteroatoms. The van der Waals surface area contributed by atoms with Crippen molar-refractivity contribution in [3.63, 3.8) is 0 Å². The van der Waals surface area contributed by atoms with Gasteiger partial charge >= 0.3 is 0 Å². The third-order valence-corrected chi connectivity index (χ3v) is 6.33. The van der Waals surface area contributed by atoms with Crippen LogP contribution in [0.25, 0.3) is 0 Å². The summed E-state index contributed by atoms with van der Waals surface area (Å²) in [6, 6.07) is 0. The van der Waals surface area contributed by atoms with Gasteiger partial charge in [0.25, 0.3) is 0 Å². The van der Waals surface area contributed by atoms with Crippen molar-refractivity contribution in [3.8, 4) is 0 Å². The quantitative estimate of drug-likeness (QED) is 0.864. The maximum atomic E-state index is 11.7. The molecule has 1 aromatic rings. The van der Waals surface area contributed by atoms with E-state index < -0.39 is 20.8 Å². The fourth-order valence-corrected chi connectivity index (χ4v) is 3.78. The molecule has 0 saturated carbocycles.